The Hall–Kier alpha value is -2.27. The summed E-state index contributed by atoms with van der Waals surface area (Å²) in [5.41, 5.74) is 1.06. The van der Waals surface area contributed by atoms with Crippen molar-refractivity contribution in [3.63, 3.8) is 0 Å². The summed E-state index contributed by atoms with van der Waals surface area (Å²) in [6.45, 7) is 2.06. The lowest BCUT2D eigenvalue weighted by atomic mass is 10.1. The van der Waals surface area contributed by atoms with E-state index in [1.54, 1.807) is 6.08 Å². The molecule has 26 heavy (non-hydrogen) atoms. The quantitative estimate of drug-likeness (QED) is 0.681. The molecule has 1 aliphatic rings. The maximum Gasteiger partial charge on any atom is 0.416 e. The van der Waals surface area contributed by atoms with E-state index >= 15 is 0 Å². The van der Waals surface area contributed by atoms with E-state index in [9.17, 15) is 13.2 Å². The molecule has 1 fully saturated rings. The fourth-order valence-electron chi connectivity index (χ4n) is 3.04. The Labute approximate surface area is 151 Å². The van der Waals surface area contributed by atoms with Gasteiger partial charge < -0.3 is 9.64 Å². The smallest absolute Gasteiger partial charge is 0.416 e. The molecule has 0 aromatic heterocycles. The van der Waals surface area contributed by atoms with Crippen LogP contribution in [0.5, 0.6) is 5.75 Å². The van der Waals surface area contributed by atoms with E-state index in [2.05, 4.69) is 11.9 Å². The normalized spacial score (nSPS) is 19.0. The summed E-state index contributed by atoms with van der Waals surface area (Å²) < 4.78 is 43.7. The van der Waals surface area contributed by atoms with Crippen LogP contribution in [0.4, 0.5) is 13.2 Å². The van der Waals surface area contributed by atoms with Crippen LogP contribution in [0.1, 0.15) is 29.5 Å². The number of alkyl halides is 3. The highest BCUT2D eigenvalue weighted by atomic mass is 19.4. The largest absolute Gasteiger partial charge is 0.489 e. The lowest BCUT2D eigenvalue weighted by molar-refractivity contribution is -0.137. The number of halogens is 3. The summed E-state index contributed by atoms with van der Waals surface area (Å²) in [7, 11) is 2.10. The topological polar surface area (TPSA) is 12.5 Å². The van der Waals surface area contributed by atoms with Crippen LogP contribution >= 0.6 is 0 Å². The van der Waals surface area contributed by atoms with Crippen molar-refractivity contribution < 1.29 is 17.9 Å². The van der Waals surface area contributed by atoms with Crippen molar-refractivity contribution in [1.82, 2.24) is 4.90 Å². The standard InChI is InChI=1S/C21H22F3NO/c1-25-14-2-3-20(15-25)26-19-12-8-17(9-13-19)5-4-16-6-10-18(11-7-16)21(22,23)24/h4-13,20H,2-3,14-15H2,1H3/b5-4+. The van der Waals surface area contributed by atoms with Gasteiger partial charge in [-0.15, -0.1) is 0 Å². The third-order valence-corrected chi connectivity index (χ3v) is 4.47. The summed E-state index contributed by atoms with van der Waals surface area (Å²) in [5, 5.41) is 0. The third kappa shape index (κ3) is 5.11. The lowest BCUT2D eigenvalue weighted by Crippen LogP contribution is -2.38. The van der Waals surface area contributed by atoms with Gasteiger partial charge in [0, 0.05) is 6.54 Å². The van der Waals surface area contributed by atoms with Gasteiger partial charge in [-0.2, -0.15) is 13.2 Å². The number of nitrogens with zero attached hydrogens (tertiary/aromatic N) is 1. The second-order valence-electron chi connectivity index (χ2n) is 6.67. The molecule has 1 unspecified atom stereocenters. The molecule has 0 aliphatic carbocycles. The lowest BCUT2D eigenvalue weighted by Gasteiger charge is -2.30. The zero-order valence-electron chi connectivity index (χ0n) is 14.7. The first kappa shape index (κ1) is 18.5. The molecule has 1 heterocycles. The van der Waals surface area contributed by atoms with E-state index in [1.165, 1.54) is 12.1 Å². The van der Waals surface area contributed by atoms with Gasteiger partial charge in [-0.05, 0) is 61.8 Å². The summed E-state index contributed by atoms with van der Waals surface area (Å²) in [6.07, 6.45) is 1.81. The van der Waals surface area contributed by atoms with E-state index in [0.717, 1.165) is 54.9 Å². The molecule has 0 amide bonds. The van der Waals surface area contributed by atoms with Crippen molar-refractivity contribution in [2.75, 3.05) is 20.1 Å². The van der Waals surface area contributed by atoms with E-state index < -0.39 is 11.7 Å². The molecule has 138 valence electrons. The van der Waals surface area contributed by atoms with E-state index in [0.29, 0.717) is 0 Å². The first-order chi connectivity index (χ1) is 12.4. The number of hydrogen-bond donors (Lipinski definition) is 0. The molecule has 2 nitrogen and oxygen atoms in total. The fourth-order valence-corrected chi connectivity index (χ4v) is 3.04. The average molecular weight is 361 g/mol. The van der Waals surface area contributed by atoms with Gasteiger partial charge in [0.1, 0.15) is 11.9 Å². The maximum atomic E-state index is 12.6. The summed E-state index contributed by atoms with van der Waals surface area (Å²) in [5.74, 6) is 0.844. The van der Waals surface area contributed by atoms with Crippen LogP contribution in [0, 0.1) is 0 Å². The minimum atomic E-state index is -4.30. The molecule has 0 bridgehead atoms. The Kier molecular flexibility index (Phi) is 5.67. The zero-order chi connectivity index (χ0) is 18.6. The number of piperidine rings is 1. The number of ether oxygens (including phenoxy) is 1. The van der Waals surface area contributed by atoms with Crippen molar-refractivity contribution in [3.8, 4) is 5.75 Å². The number of hydrogen-bond acceptors (Lipinski definition) is 2. The van der Waals surface area contributed by atoms with Crippen molar-refractivity contribution in [1.29, 1.82) is 0 Å². The molecule has 0 radical (unpaired) electrons. The molecule has 5 heteroatoms. The summed E-state index contributed by atoms with van der Waals surface area (Å²) in [4.78, 5) is 2.27. The summed E-state index contributed by atoms with van der Waals surface area (Å²) in [6, 6.07) is 12.9. The van der Waals surface area contributed by atoms with Crippen molar-refractivity contribution >= 4 is 12.2 Å². The van der Waals surface area contributed by atoms with Gasteiger partial charge in [0.15, 0.2) is 0 Å². The van der Waals surface area contributed by atoms with Gasteiger partial charge in [0.05, 0.1) is 5.56 Å². The predicted octanol–water partition coefficient (Wildman–Crippen LogP) is 5.35. The van der Waals surface area contributed by atoms with Crippen LogP contribution in [0.3, 0.4) is 0 Å². The Morgan fingerprint density at radius 3 is 2.08 bits per heavy atom. The van der Waals surface area contributed by atoms with E-state index in [-0.39, 0.29) is 6.10 Å². The van der Waals surface area contributed by atoms with Crippen molar-refractivity contribution in [3.05, 3.63) is 65.2 Å². The van der Waals surface area contributed by atoms with Gasteiger partial charge in [-0.25, -0.2) is 0 Å². The molecular weight excluding hydrogens is 339 g/mol. The Morgan fingerprint density at radius 2 is 1.54 bits per heavy atom. The Bertz CT molecular complexity index is 735. The monoisotopic (exact) mass is 361 g/mol. The van der Waals surface area contributed by atoms with Gasteiger partial charge >= 0.3 is 6.18 Å². The highest BCUT2D eigenvalue weighted by molar-refractivity contribution is 5.69. The van der Waals surface area contributed by atoms with Crippen LogP contribution < -0.4 is 4.74 Å². The van der Waals surface area contributed by atoms with Gasteiger partial charge in [0.25, 0.3) is 0 Å². The van der Waals surface area contributed by atoms with Crippen molar-refractivity contribution in [2.45, 2.75) is 25.1 Å². The maximum absolute atomic E-state index is 12.6. The first-order valence-corrected chi connectivity index (χ1v) is 8.71. The molecule has 2 aromatic rings. The molecule has 1 atom stereocenters. The zero-order valence-corrected chi connectivity index (χ0v) is 14.7. The van der Waals surface area contributed by atoms with Gasteiger partial charge in [0.2, 0.25) is 0 Å². The van der Waals surface area contributed by atoms with Crippen molar-refractivity contribution in [2.24, 2.45) is 0 Å². The Balaban J connectivity index is 1.59. The fraction of sp³-hybridized carbons (Fsp3) is 0.333. The van der Waals surface area contributed by atoms with Crippen LogP contribution in [0.2, 0.25) is 0 Å². The first-order valence-electron chi connectivity index (χ1n) is 8.71. The minimum Gasteiger partial charge on any atom is -0.489 e. The van der Waals surface area contributed by atoms with Gasteiger partial charge in [-0.1, -0.05) is 36.4 Å². The highest BCUT2D eigenvalue weighted by Crippen LogP contribution is 2.29. The second kappa shape index (κ2) is 7.96. The third-order valence-electron chi connectivity index (χ3n) is 4.47. The second-order valence-corrected chi connectivity index (χ2v) is 6.67. The van der Waals surface area contributed by atoms with Crippen LogP contribution in [0.25, 0.3) is 12.2 Å². The number of rotatable bonds is 4. The van der Waals surface area contributed by atoms with Crippen LogP contribution in [-0.4, -0.2) is 31.1 Å². The average Bonchev–Trinajstić information content (AvgIpc) is 2.61. The molecule has 0 N–H and O–H groups in total. The Morgan fingerprint density at radius 1 is 0.962 bits per heavy atom. The van der Waals surface area contributed by atoms with Crippen LogP contribution in [-0.2, 0) is 6.18 Å². The van der Waals surface area contributed by atoms with Crippen LogP contribution in [0.15, 0.2) is 48.5 Å². The molecule has 1 aliphatic heterocycles. The number of benzene rings is 2. The van der Waals surface area contributed by atoms with E-state index in [1.807, 2.05) is 30.3 Å². The summed E-state index contributed by atoms with van der Waals surface area (Å²) >= 11 is 0. The molecule has 2 aromatic carbocycles. The SMILES string of the molecule is CN1CCCC(Oc2ccc(/C=C/c3ccc(C(F)(F)F)cc3)cc2)C1. The molecular formula is C21H22F3NO. The van der Waals surface area contributed by atoms with E-state index in [4.69, 9.17) is 4.74 Å². The molecule has 3 rings (SSSR count). The number of likely N-dealkylation sites (tertiary alicyclic amines) is 1. The molecule has 0 spiro atoms. The molecule has 1 saturated heterocycles. The number of likely N-dealkylation sites (N-methyl/N-ethyl adjacent to an activating group) is 1. The van der Waals surface area contributed by atoms with Gasteiger partial charge in [-0.3, -0.25) is 0 Å². The molecule has 0 saturated carbocycles. The predicted molar refractivity (Wildman–Crippen MR) is 98.0 cm³/mol. The minimum absolute atomic E-state index is 0.224. The highest BCUT2D eigenvalue weighted by Gasteiger charge is 2.29.